The summed E-state index contributed by atoms with van der Waals surface area (Å²) >= 11 is 0. The molecule has 0 aromatic heterocycles. The van der Waals surface area contributed by atoms with Crippen molar-refractivity contribution in [1.82, 2.24) is 0 Å². The SMILES string of the molecule is CCCCCCCCCCOCCOCCOCCCCS(=O)(=O)O. The molecular formula is C18H38O6S. The van der Waals surface area contributed by atoms with Gasteiger partial charge in [0.05, 0.1) is 32.2 Å². The molecule has 6 nitrogen and oxygen atoms in total. The number of unbranched alkanes of at least 4 members (excludes halogenated alkanes) is 8. The van der Waals surface area contributed by atoms with Crippen molar-refractivity contribution < 1.29 is 27.2 Å². The van der Waals surface area contributed by atoms with Crippen molar-refractivity contribution in [2.75, 3.05) is 45.4 Å². The minimum Gasteiger partial charge on any atom is -0.379 e. The lowest BCUT2D eigenvalue weighted by molar-refractivity contribution is 0.0134. The molecule has 0 atom stereocenters. The molecule has 0 saturated heterocycles. The van der Waals surface area contributed by atoms with E-state index < -0.39 is 10.1 Å². The van der Waals surface area contributed by atoms with Crippen molar-refractivity contribution in [1.29, 1.82) is 0 Å². The second kappa shape index (κ2) is 18.6. The van der Waals surface area contributed by atoms with Crippen LogP contribution in [0.4, 0.5) is 0 Å². The molecule has 152 valence electrons. The highest BCUT2D eigenvalue weighted by atomic mass is 32.2. The normalized spacial score (nSPS) is 11.9. The van der Waals surface area contributed by atoms with Gasteiger partial charge in [0.1, 0.15) is 0 Å². The molecule has 0 aliphatic heterocycles. The molecule has 1 N–H and O–H groups in total. The molecule has 0 fully saturated rings. The molecule has 0 aliphatic carbocycles. The summed E-state index contributed by atoms with van der Waals surface area (Å²) in [4.78, 5) is 0. The summed E-state index contributed by atoms with van der Waals surface area (Å²) < 4.78 is 45.8. The highest BCUT2D eigenvalue weighted by Crippen LogP contribution is 2.08. The molecular weight excluding hydrogens is 344 g/mol. The third-order valence-corrected chi connectivity index (χ3v) is 4.63. The molecule has 0 bridgehead atoms. The second-order valence-electron chi connectivity index (χ2n) is 6.31. The van der Waals surface area contributed by atoms with E-state index in [0.29, 0.717) is 45.9 Å². The lowest BCUT2D eigenvalue weighted by Gasteiger charge is -2.07. The topological polar surface area (TPSA) is 82.1 Å². The van der Waals surface area contributed by atoms with Crippen molar-refractivity contribution in [2.24, 2.45) is 0 Å². The highest BCUT2D eigenvalue weighted by Gasteiger charge is 2.02. The fraction of sp³-hybridized carbons (Fsp3) is 1.00. The summed E-state index contributed by atoms with van der Waals surface area (Å²) in [6, 6.07) is 0. The Balaban J connectivity index is 3.03. The molecule has 0 aromatic rings. The van der Waals surface area contributed by atoms with E-state index in [2.05, 4.69) is 6.92 Å². The van der Waals surface area contributed by atoms with Crippen LogP contribution in [0, 0.1) is 0 Å². The average molecular weight is 383 g/mol. The molecule has 25 heavy (non-hydrogen) atoms. The Morgan fingerprint density at radius 1 is 0.600 bits per heavy atom. The van der Waals surface area contributed by atoms with Gasteiger partial charge in [-0.15, -0.1) is 0 Å². The third kappa shape index (κ3) is 23.8. The number of rotatable bonds is 20. The first-order valence-corrected chi connectivity index (χ1v) is 11.4. The van der Waals surface area contributed by atoms with Crippen LogP contribution in [-0.2, 0) is 24.3 Å². The Labute approximate surface area is 154 Å². The average Bonchev–Trinajstić information content (AvgIpc) is 2.56. The molecule has 0 heterocycles. The number of hydrogen-bond donors (Lipinski definition) is 1. The van der Waals surface area contributed by atoms with Crippen molar-refractivity contribution in [3.63, 3.8) is 0 Å². The van der Waals surface area contributed by atoms with Gasteiger partial charge in [0.2, 0.25) is 0 Å². The second-order valence-corrected chi connectivity index (χ2v) is 7.88. The van der Waals surface area contributed by atoms with E-state index >= 15 is 0 Å². The van der Waals surface area contributed by atoms with Gasteiger partial charge in [-0.05, 0) is 19.3 Å². The zero-order chi connectivity index (χ0) is 18.6. The van der Waals surface area contributed by atoms with Crippen LogP contribution < -0.4 is 0 Å². The maximum absolute atomic E-state index is 10.5. The molecule has 0 unspecified atom stereocenters. The van der Waals surface area contributed by atoms with Gasteiger partial charge in [0.15, 0.2) is 0 Å². The molecule has 0 spiro atoms. The Hall–Kier alpha value is -0.210. The van der Waals surface area contributed by atoms with Gasteiger partial charge in [-0.25, -0.2) is 0 Å². The number of ether oxygens (including phenoxy) is 3. The smallest absolute Gasteiger partial charge is 0.264 e. The van der Waals surface area contributed by atoms with E-state index in [1.165, 1.54) is 44.9 Å². The molecule has 0 rings (SSSR count). The Morgan fingerprint density at radius 3 is 1.48 bits per heavy atom. The summed E-state index contributed by atoms with van der Waals surface area (Å²) in [5.74, 6) is -0.205. The zero-order valence-electron chi connectivity index (χ0n) is 15.9. The van der Waals surface area contributed by atoms with Crippen molar-refractivity contribution in [3.8, 4) is 0 Å². The monoisotopic (exact) mass is 382 g/mol. The predicted molar refractivity (Wildman–Crippen MR) is 101 cm³/mol. The Bertz CT molecular complexity index is 359. The van der Waals surface area contributed by atoms with E-state index in [4.69, 9.17) is 18.8 Å². The standard InChI is InChI=1S/C18H38O6S/c1-2-3-4-5-6-7-8-9-12-22-14-16-24-17-15-23-13-10-11-18-25(19,20)21/h2-18H2,1H3,(H,19,20,21). The first-order chi connectivity index (χ1) is 12.1. The molecule has 0 amide bonds. The van der Waals surface area contributed by atoms with Gasteiger partial charge < -0.3 is 14.2 Å². The number of hydrogen-bond acceptors (Lipinski definition) is 5. The van der Waals surface area contributed by atoms with Crippen LogP contribution in [0.3, 0.4) is 0 Å². The first kappa shape index (κ1) is 24.8. The van der Waals surface area contributed by atoms with Gasteiger partial charge in [0, 0.05) is 13.2 Å². The van der Waals surface area contributed by atoms with Crippen LogP contribution in [-0.4, -0.2) is 58.4 Å². The molecule has 7 heteroatoms. The van der Waals surface area contributed by atoms with Crippen molar-refractivity contribution in [2.45, 2.75) is 71.1 Å². The van der Waals surface area contributed by atoms with E-state index in [1.807, 2.05) is 0 Å². The van der Waals surface area contributed by atoms with E-state index in [9.17, 15) is 8.42 Å². The quantitative estimate of drug-likeness (QED) is 0.254. The third-order valence-electron chi connectivity index (χ3n) is 3.83. The van der Waals surface area contributed by atoms with Gasteiger partial charge in [-0.1, -0.05) is 51.9 Å². The molecule has 0 aliphatic rings. The fourth-order valence-corrected chi connectivity index (χ4v) is 2.94. The maximum atomic E-state index is 10.5. The van der Waals surface area contributed by atoms with Crippen LogP contribution in [0.25, 0.3) is 0 Å². The lowest BCUT2D eigenvalue weighted by Crippen LogP contribution is -2.11. The Morgan fingerprint density at radius 2 is 1.00 bits per heavy atom. The first-order valence-electron chi connectivity index (χ1n) is 9.74. The van der Waals surface area contributed by atoms with Crippen LogP contribution in [0.1, 0.15) is 71.1 Å². The predicted octanol–water partition coefficient (Wildman–Crippen LogP) is 3.84. The minimum absolute atomic E-state index is 0.205. The van der Waals surface area contributed by atoms with E-state index in [1.54, 1.807) is 0 Å². The summed E-state index contributed by atoms with van der Waals surface area (Å²) in [6.45, 7) is 5.72. The van der Waals surface area contributed by atoms with E-state index in [0.717, 1.165) is 13.0 Å². The Kier molecular flexibility index (Phi) is 18.4. The summed E-state index contributed by atoms with van der Waals surface area (Å²) in [5, 5.41) is 0. The summed E-state index contributed by atoms with van der Waals surface area (Å²) in [5.41, 5.74) is 0. The fourth-order valence-electron chi connectivity index (χ4n) is 2.37. The van der Waals surface area contributed by atoms with Gasteiger partial charge in [0.25, 0.3) is 10.1 Å². The largest absolute Gasteiger partial charge is 0.379 e. The zero-order valence-corrected chi connectivity index (χ0v) is 16.7. The van der Waals surface area contributed by atoms with Crippen molar-refractivity contribution in [3.05, 3.63) is 0 Å². The van der Waals surface area contributed by atoms with Crippen LogP contribution in [0.5, 0.6) is 0 Å². The summed E-state index contributed by atoms with van der Waals surface area (Å²) in [6.07, 6.45) is 11.5. The van der Waals surface area contributed by atoms with E-state index in [-0.39, 0.29) is 5.75 Å². The molecule has 0 aromatic carbocycles. The highest BCUT2D eigenvalue weighted by molar-refractivity contribution is 7.85. The van der Waals surface area contributed by atoms with Gasteiger partial charge >= 0.3 is 0 Å². The van der Waals surface area contributed by atoms with Crippen LogP contribution in [0.2, 0.25) is 0 Å². The summed E-state index contributed by atoms with van der Waals surface area (Å²) in [7, 11) is -3.84. The van der Waals surface area contributed by atoms with Crippen molar-refractivity contribution >= 4 is 10.1 Å². The van der Waals surface area contributed by atoms with Crippen LogP contribution >= 0.6 is 0 Å². The van der Waals surface area contributed by atoms with Gasteiger partial charge in [-0.2, -0.15) is 8.42 Å². The molecule has 0 saturated carbocycles. The van der Waals surface area contributed by atoms with Gasteiger partial charge in [-0.3, -0.25) is 4.55 Å². The minimum atomic E-state index is -3.84. The lowest BCUT2D eigenvalue weighted by atomic mass is 10.1. The van der Waals surface area contributed by atoms with Crippen LogP contribution in [0.15, 0.2) is 0 Å². The maximum Gasteiger partial charge on any atom is 0.264 e. The molecule has 0 radical (unpaired) electrons.